The SMILES string of the molecule is CN1CCN(/N=C/c2cc(Br)cc(Br)c2O)CC1. The molecule has 0 aliphatic carbocycles. The van der Waals surface area contributed by atoms with Gasteiger partial charge in [-0.05, 0) is 35.1 Å². The third-order valence-corrected chi connectivity index (χ3v) is 3.96. The third-order valence-electron chi connectivity index (χ3n) is 2.90. The molecule has 4 nitrogen and oxygen atoms in total. The monoisotopic (exact) mass is 375 g/mol. The number of likely N-dealkylation sites (N-methyl/N-ethyl adjacent to an activating group) is 1. The van der Waals surface area contributed by atoms with Crippen LogP contribution in [0.1, 0.15) is 5.56 Å². The summed E-state index contributed by atoms with van der Waals surface area (Å²) in [7, 11) is 2.11. The summed E-state index contributed by atoms with van der Waals surface area (Å²) in [6.45, 7) is 3.88. The van der Waals surface area contributed by atoms with Crippen LogP contribution < -0.4 is 0 Å². The number of hydrogen-bond acceptors (Lipinski definition) is 4. The molecule has 1 aliphatic heterocycles. The number of piperazine rings is 1. The fraction of sp³-hybridized carbons (Fsp3) is 0.417. The van der Waals surface area contributed by atoms with E-state index in [9.17, 15) is 5.11 Å². The van der Waals surface area contributed by atoms with E-state index in [1.165, 1.54) is 0 Å². The van der Waals surface area contributed by atoms with Crippen molar-refractivity contribution in [2.24, 2.45) is 5.10 Å². The van der Waals surface area contributed by atoms with E-state index in [1.807, 2.05) is 17.1 Å². The maximum atomic E-state index is 9.91. The number of hydrazone groups is 1. The van der Waals surface area contributed by atoms with Crippen LogP contribution in [0.25, 0.3) is 0 Å². The van der Waals surface area contributed by atoms with Crippen molar-refractivity contribution in [3.8, 4) is 5.75 Å². The minimum atomic E-state index is 0.219. The zero-order valence-corrected chi connectivity index (χ0v) is 13.3. The lowest BCUT2D eigenvalue weighted by Crippen LogP contribution is -2.41. The first kappa shape index (κ1) is 13.8. The Morgan fingerprint density at radius 3 is 2.56 bits per heavy atom. The molecule has 0 unspecified atom stereocenters. The lowest BCUT2D eigenvalue weighted by Gasteiger charge is -2.30. The lowest BCUT2D eigenvalue weighted by atomic mass is 10.2. The molecular weight excluding hydrogens is 362 g/mol. The van der Waals surface area contributed by atoms with Gasteiger partial charge in [0.1, 0.15) is 5.75 Å². The Labute approximate surface area is 124 Å². The van der Waals surface area contributed by atoms with E-state index in [-0.39, 0.29) is 5.75 Å². The minimum absolute atomic E-state index is 0.219. The average molecular weight is 377 g/mol. The van der Waals surface area contributed by atoms with E-state index in [0.717, 1.165) is 30.7 Å². The summed E-state index contributed by atoms with van der Waals surface area (Å²) < 4.78 is 1.57. The first-order chi connectivity index (χ1) is 8.56. The Kier molecular flexibility index (Phi) is 4.64. The first-order valence-corrected chi connectivity index (χ1v) is 7.30. The number of nitrogens with zero attached hydrogens (tertiary/aromatic N) is 3. The highest BCUT2D eigenvalue weighted by Gasteiger charge is 2.11. The summed E-state index contributed by atoms with van der Waals surface area (Å²) >= 11 is 6.71. The molecule has 98 valence electrons. The molecule has 6 heteroatoms. The molecule has 0 spiro atoms. The van der Waals surface area contributed by atoms with Crippen LogP contribution in [0.2, 0.25) is 0 Å². The average Bonchev–Trinajstić information content (AvgIpc) is 2.34. The number of phenols is 1. The molecule has 1 N–H and O–H groups in total. The predicted octanol–water partition coefficient (Wildman–Crippen LogP) is 2.50. The molecular formula is C12H15Br2N3O. The molecule has 1 aromatic rings. The van der Waals surface area contributed by atoms with Crippen molar-refractivity contribution in [1.29, 1.82) is 0 Å². The zero-order valence-electron chi connectivity index (χ0n) is 10.1. The molecule has 1 aromatic carbocycles. The topological polar surface area (TPSA) is 39.1 Å². The molecule has 0 bridgehead atoms. The van der Waals surface area contributed by atoms with Crippen LogP contribution >= 0.6 is 31.9 Å². The predicted molar refractivity (Wildman–Crippen MR) is 80.2 cm³/mol. The molecule has 1 heterocycles. The van der Waals surface area contributed by atoms with Crippen molar-refractivity contribution < 1.29 is 5.11 Å². The van der Waals surface area contributed by atoms with E-state index in [1.54, 1.807) is 6.21 Å². The Balaban J connectivity index is 2.09. The Morgan fingerprint density at radius 1 is 1.22 bits per heavy atom. The van der Waals surface area contributed by atoms with Gasteiger partial charge in [-0.25, -0.2) is 0 Å². The minimum Gasteiger partial charge on any atom is -0.506 e. The molecule has 0 amide bonds. The van der Waals surface area contributed by atoms with E-state index >= 15 is 0 Å². The van der Waals surface area contributed by atoms with Gasteiger partial charge in [0.2, 0.25) is 0 Å². The first-order valence-electron chi connectivity index (χ1n) is 5.72. The summed E-state index contributed by atoms with van der Waals surface area (Å²) in [6, 6.07) is 3.65. The van der Waals surface area contributed by atoms with Gasteiger partial charge in [-0.3, -0.25) is 5.01 Å². The standard InChI is InChI=1S/C12H15Br2N3O/c1-16-2-4-17(5-3-16)15-8-9-6-10(13)7-11(14)12(9)18/h6-8,18H,2-5H2,1H3/b15-8+. The highest BCUT2D eigenvalue weighted by molar-refractivity contribution is 9.11. The van der Waals surface area contributed by atoms with Crippen molar-refractivity contribution in [2.75, 3.05) is 33.2 Å². The Morgan fingerprint density at radius 2 is 1.89 bits per heavy atom. The van der Waals surface area contributed by atoms with E-state index in [2.05, 4.69) is 48.9 Å². The van der Waals surface area contributed by atoms with Crippen molar-refractivity contribution in [3.05, 3.63) is 26.6 Å². The van der Waals surface area contributed by atoms with Crippen molar-refractivity contribution in [3.63, 3.8) is 0 Å². The van der Waals surface area contributed by atoms with Crippen LogP contribution in [0.15, 0.2) is 26.2 Å². The molecule has 0 radical (unpaired) electrons. The van der Waals surface area contributed by atoms with Gasteiger partial charge in [-0.15, -0.1) is 0 Å². The number of benzene rings is 1. The second kappa shape index (κ2) is 6.04. The van der Waals surface area contributed by atoms with Crippen LogP contribution in [-0.4, -0.2) is 54.5 Å². The maximum Gasteiger partial charge on any atom is 0.138 e. The largest absolute Gasteiger partial charge is 0.506 e. The highest BCUT2D eigenvalue weighted by Crippen LogP contribution is 2.30. The summed E-state index contributed by atoms with van der Waals surface area (Å²) in [4.78, 5) is 2.28. The van der Waals surface area contributed by atoms with Gasteiger partial charge >= 0.3 is 0 Å². The normalized spacial score (nSPS) is 17.6. The molecule has 0 saturated carbocycles. The maximum absolute atomic E-state index is 9.91. The van der Waals surface area contributed by atoms with Crippen LogP contribution in [0.3, 0.4) is 0 Å². The van der Waals surface area contributed by atoms with Gasteiger partial charge < -0.3 is 10.0 Å². The van der Waals surface area contributed by atoms with Gasteiger partial charge in [0.15, 0.2) is 0 Å². The molecule has 1 fully saturated rings. The summed E-state index contributed by atoms with van der Waals surface area (Å²) in [5.41, 5.74) is 0.704. The quantitative estimate of drug-likeness (QED) is 0.806. The summed E-state index contributed by atoms with van der Waals surface area (Å²) in [6.07, 6.45) is 1.70. The number of halogens is 2. The molecule has 1 saturated heterocycles. The molecule has 0 aromatic heterocycles. The molecule has 0 atom stereocenters. The van der Waals surface area contributed by atoms with Crippen LogP contribution in [0.5, 0.6) is 5.75 Å². The van der Waals surface area contributed by atoms with Crippen LogP contribution in [0, 0.1) is 0 Å². The summed E-state index contributed by atoms with van der Waals surface area (Å²) in [5.74, 6) is 0.219. The van der Waals surface area contributed by atoms with E-state index in [0.29, 0.717) is 10.0 Å². The number of phenolic OH excluding ortho intramolecular Hbond substituents is 1. The smallest absolute Gasteiger partial charge is 0.138 e. The van der Waals surface area contributed by atoms with Crippen LogP contribution in [0.4, 0.5) is 0 Å². The van der Waals surface area contributed by atoms with E-state index in [4.69, 9.17) is 0 Å². The van der Waals surface area contributed by atoms with Gasteiger partial charge in [0.05, 0.1) is 10.7 Å². The van der Waals surface area contributed by atoms with Gasteiger partial charge in [-0.2, -0.15) is 5.10 Å². The van der Waals surface area contributed by atoms with Gasteiger partial charge in [-0.1, -0.05) is 15.9 Å². The lowest BCUT2D eigenvalue weighted by molar-refractivity contribution is 0.159. The van der Waals surface area contributed by atoms with Crippen molar-refractivity contribution in [1.82, 2.24) is 9.91 Å². The second-order valence-electron chi connectivity index (χ2n) is 4.33. The fourth-order valence-corrected chi connectivity index (χ4v) is 3.00. The zero-order chi connectivity index (χ0) is 13.1. The van der Waals surface area contributed by atoms with Gasteiger partial charge in [0, 0.05) is 36.2 Å². The Bertz CT molecular complexity index is 457. The van der Waals surface area contributed by atoms with Crippen molar-refractivity contribution in [2.45, 2.75) is 0 Å². The molecule has 2 rings (SSSR count). The van der Waals surface area contributed by atoms with Crippen LogP contribution in [-0.2, 0) is 0 Å². The Hall–Kier alpha value is -0.590. The van der Waals surface area contributed by atoms with Gasteiger partial charge in [0.25, 0.3) is 0 Å². The number of hydrogen-bond donors (Lipinski definition) is 1. The number of rotatable bonds is 2. The van der Waals surface area contributed by atoms with Crippen molar-refractivity contribution >= 4 is 38.1 Å². The second-order valence-corrected chi connectivity index (χ2v) is 6.10. The molecule has 18 heavy (non-hydrogen) atoms. The molecule has 1 aliphatic rings. The summed E-state index contributed by atoms with van der Waals surface area (Å²) in [5, 5.41) is 16.3. The van der Waals surface area contributed by atoms with E-state index < -0.39 is 0 Å². The highest BCUT2D eigenvalue weighted by atomic mass is 79.9. The number of aromatic hydroxyl groups is 1. The third kappa shape index (κ3) is 3.46. The fourth-order valence-electron chi connectivity index (χ4n) is 1.74.